The number of carboxylic acids is 2. The first-order valence-electron chi connectivity index (χ1n) is 11.5. The fourth-order valence-electron chi connectivity index (χ4n) is 4.07. The highest BCUT2D eigenvalue weighted by atomic mass is 32.1. The van der Waals surface area contributed by atoms with Crippen LogP contribution < -0.4 is 0 Å². The molecule has 39 heavy (non-hydrogen) atoms. The monoisotopic (exact) mass is 584 g/mol. The molecule has 0 aliphatic carbocycles. The lowest BCUT2D eigenvalue weighted by Crippen LogP contribution is -2.44. The van der Waals surface area contributed by atoms with Crippen molar-refractivity contribution in [1.82, 2.24) is 19.8 Å². The SMILES string of the molecule is Cc1nc(CN2CCC3(CCN(Cc4ccncc4)CC3)C2=O)cs1.O=C(O)C(F)(F)F.O=C(O)C(F)(F)F. The highest BCUT2D eigenvalue weighted by Crippen LogP contribution is 2.42. The minimum atomic E-state index is -5.08. The van der Waals surface area contributed by atoms with Crippen molar-refractivity contribution in [2.75, 3.05) is 19.6 Å². The van der Waals surface area contributed by atoms with Crippen molar-refractivity contribution in [2.24, 2.45) is 5.41 Å². The number of carbonyl (C=O) groups excluding carboxylic acids is 1. The van der Waals surface area contributed by atoms with Gasteiger partial charge in [0.25, 0.3) is 0 Å². The lowest BCUT2D eigenvalue weighted by Gasteiger charge is -2.38. The molecule has 0 aromatic carbocycles. The summed E-state index contributed by atoms with van der Waals surface area (Å²) >= 11 is 1.66. The molecule has 2 aromatic heterocycles. The molecule has 2 saturated heterocycles. The Bertz CT molecular complexity index is 1090. The smallest absolute Gasteiger partial charge is 0.475 e. The van der Waals surface area contributed by atoms with E-state index in [2.05, 4.69) is 32.4 Å². The van der Waals surface area contributed by atoms with Crippen LogP contribution >= 0.6 is 11.3 Å². The number of carboxylic acid groups (broad SMARTS) is 2. The highest BCUT2D eigenvalue weighted by Gasteiger charge is 2.48. The van der Waals surface area contributed by atoms with Crippen LogP contribution in [0.2, 0.25) is 0 Å². The van der Waals surface area contributed by atoms with Gasteiger partial charge in [0, 0.05) is 30.9 Å². The van der Waals surface area contributed by atoms with Gasteiger partial charge in [-0.2, -0.15) is 26.3 Å². The van der Waals surface area contributed by atoms with E-state index in [1.807, 2.05) is 24.2 Å². The van der Waals surface area contributed by atoms with Gasteiger partial charge in [-0.3, -0.25) is 14.7 Å². The number of amides is 1. The van der Waals surface area contributed by atoms with Crippen molar-refractivity contribution in [3.8, 4) is 0 Å². The number of alkyl halides is 6. The van der Waals surface area contributed by atoms with Crippen LogP contribution in [-0.2, 0) is 27.5 Å². The zero-order valence-corrected chi connectivity index (χ0v) is 21.4. The lowest BCUT2D eigenvalue weighted by molar-refractivity contribution is -0.193. The number of pyridine rings is 1. The van der Waals surface area contributed by atoms with Crippen molar-refractivity contribution < 1.29 is 50.9 Å². The molecule has 0 atom stereocenters. The normalized spacial score (nSPS) is 17.2. The van der Waals surface area contributed by atoms with Crippen LogP contribution in [-0.4, -0.2) is 79.8 Å². The number of rotatable bonds is 4. The number of carbonyl (C=O) groups is 3. The maximum Gasteiger partial charge on any atom is 0.490 e. The third-order valence-corrected chi connectivity index (χ3v) is 6.90. The Labute approximate surface area is 223 Å². The van der Waals surface area contributed by atoms with Crippen LogP contribution in [0.4, 0.5) is 26.3 Å². The molecule has 1 amide bonds. The van der Waals surface area contributed by atoms with Crippen molar-refractivity contribution in [3.05, 3.63) is 46.2 Å². The molecule has 2 aliphatic heterocycles. The van der Waals surface area contributed by atoms with E-state index < -0.39 is 24.3 Å². The average Bonchev–Trinajstić information content (AvgIpc) is 3.39. The largest absolute Gasteiger partial charge is 0.490 e. The Morgan fingerprint density at radius 1 is 0.949 bits per heavy atom. The number of piperidine rings is 1. The molecule has 2 fully saturated rings. The van der Waals surface area contributed by atoms with Gasteiger partial charge in [0.05, 0.1) is 22.7 Å². The number of thiazole rings is 1. The Balaban J connectivity index is 0.000000317. The summed E-state index contributed by atoms with van der Waals surface area (Å²) in [5.74, 6) is -5.17. The molecular formula is C23H26F6N4O5S. The topological polar surface area (TPSA) is 124 Å². The molecule has 0 saturated carbocycles. The molecule has 2 N–H and O–H groups in total. The number of hydrogen-bond acceptors (Lipinski definition) is 7. The average molecular weight is 585 g/mol. The molecule has 1 spiro atoms. The van der Waals surface area contributed by atoms with Gasteiger partial charge >= 0.3 is 24.3 Å². The van der Waals surface area contributed by atoms with E-state index in [0.717, 1.165) is 56.1 Å². The van der Waals surface area contributed by atoms with Gasteiger partial charge in [0.2, 0.25) is 5.91 Å². The summed E-state index contributed by atoms with van der Waals surface area (Å²) in [7, 11) is 0. The van der Waals surface area contributed by atoms with Gasteiger partial charge in [0.1, 0.15) is 0 Å². The van der Waals surface area contributed by atoms with E-state index in [9.17, 15) is 31.1 Å². The fraction of sp³-hybridized carbons (Fsp3) is 0.522. The van der Waals surface area contributed by atoms with Crippen LogP contribution in [0.1, 0.15) is 35.5 Å². The Morgan fingerprint density at radius 2 is 1.44 bits per heavy atom. The maximum atomic E-state index is 13.0. The van der Waals surface area contributed by atoms with Crippen molar-refractivity contribution in [2.45, 2.75) is 51.6 Å². The number of likely N-dealkylation sites (tertiary alicyclic amines) is 2. The predicted molar refractivity (Wildman–Crippen MR) is 125 cm³/mol. The van der Waals surface area contributed by atoms with E-state index in [1.165, 1.54) is 5.56 Å². The molecule has 4 rings (SSSR count). The van der Waals surface area contributed by atoms with Crippen LogP contribution in [0.15, 0.2) is 29.9 Å². The first-order valence-corrected chi connectivity index (χ1v) is 12.3. The van der Waals surface area contributed by atoms with Gasteiger partial charge in [-0.1, -0.05) is 0 Å². The molecule has 0 bridgehead atoms. The summed E-state index contributed by atoms with van der Waals surface area (Å²) in [6, 6.07) is 4.14. The van der Waals surface area contributed by atoms with E-state index in [1.54, 1.807) is 11.3 Å². The Hall–Kier alpha value is -3.27. The molecule has 9 nitrogen and oxygen atoms in total. The molecule has 2 aliphatic rings. The highest BCUT2D eigenvalue weighted by molar-refractivity contribution is 7.09. The third kappa shape index (κ3) is 9.76. The Morgan fingerprint density at radius 3 is 1.87 bits per heavy atom. The van der Waals surface area contributed by atoms with Gasteiger partial charge in [0.15, 0.2) is 0 Å². The summed E-state index contributed by atoms with van der Waals surface area (Å²) in [5.41, 5.74) is 2.20. The second-order valence-electron chi connectivity index (χ2n) is 8.85. The molecule has 4 heterocycles. The fourth-order valence-corrected chi connectivity index (χ4v) is 4.67. The van der Waals surface area contributed by atoms with Crippen LogP contribution in [0, 0.1) is 12.3 Å². The molecule has 216 valence electrons. The van der Waals surface area contributed by atoms with E-state index >= 15 is 0 Å². The van der Waals surface area contributed by atoms with E-state index in [4.69, 9.17) is 19.8 Å². The summed E-state index contributed by atoms with van der Waals surface area (Å²) in [6.07, 6.45) is -3.52. The quantitative estimate of drug-likeness (QED) is 0.515. The first-order chi connectivity index (χ1) is 18.0. The van der Waals surface area contributed by atoms with Crippen molar-refractivity contribution in [3.63, 3.8) is 0 Å². The lowest BCUT2D eigenvalue weighted by atomic mass is 9.77. The zero-order valence-electron chi connectivity index (χ0n) is 20.6. The second-order valence-corrected chi connectivity index (χ2v) is 9.91. The Kier molecular flexibility index (Phi) is 10.8. The maximum absolute atomic E-state index is 13.0. The number of aliphatic carboxylic acids is 2. The van der Waals surface area contributed by atoms with Gasteiger partial charge in [-0.25, -0.2) is 14.6 Å². The molecule has 0 unspecified atom stereocenters. The number of hydrogen-bond donors (Lipinski definition) is 2. The minimum Gasteiger partial charge on any atom is -0.475 e. The molecule has 16 heteroatoms. The summed E-state index contributed by atoms with van der Waals surface area (Å²) < 4.78 is 63.5. The van der Waals surface area contributed by atoms with Gasteiger partial charge < -0.3 is 15.1 Å². The molecule has 0 radical (unpaired) electrons. The van der Waals surface area contributed by atoms with Crippen LogP contribution in [0.25, 0.3) is 0 Å². The standard InChI is InChI=1S/C19H24N4OS.2C2HF3O2/c1-15-21-17(14-25-15)13-23-11-6-19(18(23)24)4-9-22(10-5-19)12-16-2-7-20-8-3-16;2*3-2(4,5)1(6)7/h2-3,7-8,14H,4-6,9-13H2,1H3;2*(H,6,7). The third-order valence-electron chi connectivity index (χ3n) is 6.07. The number of aryl methyl sites for hydroxylation is 1. The van der Waals surface area contributed by atoms with E-state index in [0.29, 0.717) is 12.5 Å². The molecule has 2 aromatic rings. The second kappa shape index (κ2) is 13.2. The van der Waals surface area contributed by atoms with Gasteiger partial charge in [-0.15, -0.1) is 11.3 Å². The molecular weight excluding hydrogens is 558 g/mol. The number of halogens is 6. The van der Waals surface area contributed by atoms with Crippen LogP contribution in [0.5, 0.6) is 0 Å². The summed E-state index contributed by atoms with van der Waals surface area (Å²) in [5, 5.41) is 17.4. The summed E-state index contributed by atoms with van der Waals surface area (Å²) in [4.78, 5) is 43.9. The predicted octanol–water partition coefficient (Wildman–Crippen LogP) is 4.13. The van der Waals surface area contributed by atoms with Crippen molar-refractivity contribution >= 4 is 29.2 Å². The zero-order chi connectivity index (χ0) is 29.4. The number of nitrogens with zero attached hydrogens (tertiary/aromatic N) is 4. The first kappa shape index (κ1) is 31.9. The summed E-state index contributed by atoms with van der Waals surface area (Å²) in [6.45, 7) is 6.51. The van der Waals surface area contributed by atoms with Crippen molar-refractivity contribution in [1.29, 1.82) is 0 Å². The number of aromatic nitrogens is 2. The van der Waals surface area contributed by atoms with Gasteiger partial charge in [-0.05, 0) is 57.0 Å². The minimum absolute atomic E-state index is 0.125. The van der Waals surface area contributed by atoms with Crippen LogP contribution in [0.3, 0.4) is 0 Å². The van der Waals surface area contributed by atoms with E-state index in [-0.39, 0.29) is 5.41 Å².